The topological polar surface area (TPSA) is 15.3 Å². The van der Waals surface area contributed by atoms with Crippen LogP contribution in [0.5, 0.6) is 0 Å². The molecule has 0 radical (unpaired) electrons. The van der Waals surface area contributed by atoms with Gasteiger partial charge in [0.25, 0.3) is 0 Å². The first kappa shape index (κ1) is 16.6. The predicted octanol–water partition coefficient (Wildman–Crippen LogP) is 3.53. The summed E-state index contributed by atoms with van der Waals surface area (Å²) in [5, 5.41) is 3.32. The third-order valence-corrected chi connectivity index (χ3v) is 3.94. The summed E-state index contributed by atoms with van der Waals surface area (Å²) >= 11 is 3.26. The van der Waals surface area contributed by atoms with E-state index in [-0.39, 0.29) is 24.3 Å². The molecule has 1 saturated heterocycles. The van der Waals surface area contributed by atoms with Crippen LogP contribution in [0.1, 0.15) is 18.0 Å². The molecule has 0 saturated carbocycles. The second-order valence-electron chi connectivity index (χ2n) is 4.47. The fourth-order valence-corrected chi connectivity index (χ4v) is 2.78. The van der Waals surface area contributed by atoms with Crippen molar-refractivity contribution in [2.75, 3.05) is 26.2 Å². The van der Waals surface area contributed by atoms with Crippen LogP contribution < -0.4 is 5.32 Å². The Balaban J connectivity index is 0.00000180. The highest BCUT2D eigenvalue weighted by Gasteiger charge is 2.24. The maximum Gasteiger partial charge on any atom is 0.142 e. The monoisotopic (exact) mass is 348 g/mol. The number of rotatable bonds is 4. The molecule has 0 aliphatic carbocycles. The van der Waals surface area contributed by atoms with Crippen molar-refractivity contribution in [3.8, 4) is 0 Å². The van der Waals surface area contributed by atoms with E-state index in [1.54, 1.807) is 6.07 Å². The molecule has 0 spiro atoms. The van der Waals surface area contributed by atoms with Gasteiger partial charge in [0, 0.05) is 37.8 Å². The van der Waals surface area contributed by atoms with Crippen molar-refractivity contribution in [1.29, 1.82) is 0 Å². The number of nitrogens with one attached hydrogen (secondary N) is 1. The standard InChI is InChI=1S/C14H18BrFN2.ClH/c1-2-4-13(18-9-7-17-8-10-18)11-5-3-6-12(15)14(11)16;/h2-3,5-6,13,17H,1,4,7-10H2;1H/t13-;/m1./s1. The van der Waals surface area contributed by atoms with Crippen molar-refractivity contribution in [2.45, 2.75) is 12.5 Å². The molecule has 1 aliphatic rings. The molecule has 0 bridgehead atoms. The average molecular weight is 350 g/mol. The van der Waals surface area contributed by atoms with E-state index in [0.717, 1.165) is 38.2 Å². The molecular weight excluding hydrogens is 331 g/mol. The van der Waals surface area contributed by atoms with Crippen molar-refractivity contribution in [2.24, 2.45) is 0 Å². The molecular formula is C14H19BrClFN2. The van der Waals surface area contributed by atoms with E-state index < -0.39 is 0 Å². The first-order valence-corrected chi connectivity index (χ1v) is 7.03. The van der Waals surface area contributed by atoms with Gasteiger partial charge in [-0.05, 0) is 28.4 Å². The van der Waals surface area contributed by atoms with Gasteiger partial charge in [-0.25, -0.2) is 4.39 Å². The van der Waals surface area contributed by atoms with Crippen LogP contribution in [0, 0.1) is 5.82 Å². The largest absolute Gasteiger partial charge is 0.314 e. The molecule has 1 aromatic carbocycles. The molecule has 1 aliphatic heterocycles. The van der Waals surface area contributed by atoms with Crippen molar-refractivity contribution < 1.29 is 4.39 Å². The molecule has 2 rings (SSSR count). The van der Waals surface area contributed by atoms with Gasteiger partial charge in [-0.15, -0.1) is 19.0 Å². The van der Waals surface area contributed by atoms with Gasteiger partial charge in [0.15, 0.2) is 0 Å². The quantitative estimate of drug-likeness (QED) is 0.837. The minimum Gasteiger partial charge on any atom is -0.314 e. The fraction of sp³-hybridized carbons (Fsp3) is 0.429. The summed E-state index contributed by atoms with van der Waals surface area (Å²) in [4.78, 5) is 2.32. The van der Waals surface area contributed by atoms with Gasteiger partial charge in [0.05, 0.1) is 4.47 Å². The van der Waals surface area contributed by atoms with Crippen molar-refractivity contribution in [3.63, 3.8) is 0 Å². The molecule has 1 aromatic rings. The Morgan fingerprint density at radius 3 is 2.74 bits per heavy atom. The highest BCUT2D eigenvalue weighted by Crippen LogP contribution is 2.30. The molecule has 5 heteroatoms. The summed E-state index contributed by atoms with van der Waals surface area (Å²) in [6.07, 6.45) is 2.64. The minimum absolute atomic E-state index is 0. The van der Waals surface area contributed by atoms with Crippen LogP contribution in [0.15, 0.2) is 35.3 Å². The summed E-state index contributed by atoms with van der Waals surface area (Å²) in [7, 11) is 0. The van der Waals surface area contributed by atoms with Crippen LogP contribution in [-0.2, 0) is 0 Å². The molecule has 106 valence electrons. The van der Waals surface area contributed by atoms with Crippen molar-refractivity contribution in [3.05, 3.63) is 46.7 Å². The molecule has 19 heavy (non-hydrogen) atoms. The van der Waals surface area contributed by atoms with Gasteiger partial charge < -0.3 is 5.32 Å². The number of piperazine rings is 1. The van der Waals surface area contributed by atoms with E-state index >= 15 is 0 Å². The van der Waals surface area contributed by atoms with E-state index in [2.05, 4.69) is 32.7 Å². The van der Waals surface area contributed by atoms with E-state index in [4.69, 9.17) is 0 Å². The third kappa shape index (κ3) is 4.02. The summed E-state index contributed by atoms with van der Waals surface area (Å²) in [6.45, 7) is 7.62. The Kier molecular flexibility index (Phi) is 7.00. The zero-order valence-corrected chi connectivity index (χ0v) is 13.1. The van der Waals surface area contributed by atoms with Gasteiger partial charge in [0.1, 0.15) is 5.82 Å². The van der Waals surface area contributed by atoms with E-state index in [9.17, 15) is 4.39 Å². The summed E-state index contributed by atoms with van der Waals surface area (Å²) in [6, 6.07) is 5.58. The van der Waals surface area contributed by atoms with E-state index in [1.807, 2.05) is 18.2 Å². The van der Waals surface area contributed by atoms with Gasteiger partial charge >= 0.3 is 0 Å². The SMILES string of the molecule is C=CC[C@H](c1cccc(Br)c1F)N1CCNCC1.Cl. The van der Waals surface area contributed by atoms with Gasteiger partial charge in [0.2, 0.25) is 0 Å². The zero-order chi connectivity index (χ0) is 13.0. The second-order valence-corrected chi connectivity index (χ2v) is 5.32. The van der Waals surface area contributed by atoms with Gasteiger partial charge in [-0.2, -0.15) is 0 Å². The summed E-state index contributed by atoms with van der Waals surface area (Å²) in [5.41, 5.74) is 0.756. The number of nitrogens with zero attached hydrogens (tertiary/aromatic N) is 1. The molecule has 1 heterocycles. The van der Waals surface area contributed by atoms with Crippen LogP contribution in [0.3, 0.4) is 0 Å². The Morgan fingerprint density at radius 1 is 1.42 bits per heavy atom. The predicted molar refractivity (Wildman–Crippen MR) is 83.3 cm³/mol. The molecule has 0 amide bonds. The molecule has 0 unspecified atom stereocenters. The van der Waals surface area contributed by atoms with Crippen LogP contribution >= 0.6 is 28.3 Å². The highest BCUT2D eigenvalue weighted by atomic mass is 79.9. The maximum absolute atomic E-state index is 14.2. The molecule has 1 fully saturated rings. The number of halogens is 3. The Hall–Kier alpha value is -0.420. The Bertz CT molecular complexity index is 422. The first-order valence-electron chi connectivity index (χ1n) is 6.23. The Labute approximate surface area is 128 Å². The third-order valence-electron chi connectivity index (χ3n) is 3.32. The maximum atomic E-state index is 14.2. The first-order chi connectivity index (χ1) is 8.74. The van der Waals surface area contributed by atoms with Crippen LogP contribution in [0.2, 0.25) is 0 Å². The van der Waals surface area contributed by atoms with E-state index in [0.29, 0.717) is 4.47 Å². The van der Waals surface area contributed by atoms with E-state index in [1.165, 1.54) is 0 Å². The molecule has 1 N–H and O–H groups in total. The number of benzene rings is 1. The zero-order valence-electron chi connectivity index (χ0n) is 10.7. The lowest BCUT2D eigenvalue weighted by molar-refractivity contribution is 0.171. The fourth-order valence-electron chi connectivity index (χ4n) is 2.40. The normalized spacial score (nSPS) is 17.6. The van der Waals surface area contributed by atoms with Crippen LogP contribution in [0.25, 0.3) is 0 Å². The van der Waals surface area contributed by atoms with Crippen molar-refractivity contribution in [1.82, 2.24) is 10.2 Å². The molecule has 0 aromatic heterocycles. The van der Waals surface area contributed by atoms with Gasteiger partial charge in [-0.1, -0.05) is 18.2 Å². The van der Waals surface area contributed by atoms with Gasteiger partial charge in [-0.3, -0.25) is 4.90 Å². The lowest BCUT2D eigenvalue weighted by Gasteiger charge is -2.35. The number of hydrogen-bond donors (Lipinski definition) is 1. The average Bonchev–Trinajstić information content (AvgIpc) is 2.41. The highest BCUT2D eigenvalue weighted by molar-refractivity contribution is 9.10. The van der Waals surface area contributed by atoms with Crippen LogP contribution in [-0.4, -0.2) is 31.1 Å². The lowest BCUT2D eigenvalue weighted by atomic mass is 10.0. The van der Waals surface area contributed by atoms with Crippen LogP contribution in [0.4, 0.5) is 4.39 Å². The number of hydrogen-bond acceptors (Lipinski definition) is 2. The minimum atomic E-state index is -0.150. The Morgan fingerprint density at radius 2 is 2.11 bits per heavy atom. The molecule has 1 atom stereocenters. The summed E-state index contributed by atoms with van der Waals surface area (Å²) < 4.78 is 14.7. The lowest BCUT2D eigenvalue weighted by Crippen LogP contribution is -2.45. The smallest absolute Gasteiger partial charge is 0.142 e. The van der Waals surface area contributed by atoms with Crippen molar-refractivity contribution >= 4 is 28.3 Å². The molecule has 2 nitrogen and oxygen atoms in total. The second kappa shape index (κ2) is 8.00. The summed E-state index contributed by atoms with van der Waals surface area (Å²) in [5.74, 6) is -0.150.